The number of nitrogens with zero attached hydrogens (tertiary/aromatic N) is 2. The molecule has 1 saturated carbocycles. The van der Waals surface area contributed by atoms with Gasteiger partial charge in [0.25, 0.3) is 0 Å². The van der Waals surface area contributed by atoms with Gasteiger partial charge in [0.1, 0.15) is 0 Å². The van der Waals surface area contributed by atoms with Crippen molar-refractivity contribution in [3.63, 3.8) is 0 Å². The van der Waals surface area contributed by atoms with Crippen LogP contribution < -0.4 is 4.90 Å². The van der Waals surface area contributed by atoms with Gasteiger partial charge in [0.05, 0.1) is 11.8 Å². The maximum absolute atomic E-state index is 9.08. The van der Waals surface area contributed by atoms with Crippen LogP contribution in [0, 0.1) is 0 Å². The van der Waals surface area contributed by atoms with Gasteiger partial charge in [-0.1, -0.05) is 23.4 Å². The van der Waals surface area contributed by atoms with Gasteiger partial charge in [0.2, 0.25) is 0 Å². The van der Waals surface area contributed by atoms with Crippen molar-refractivity contribution in [3.05, 3.63) is 29.8 Å². The van der Waals surface area contributed by atoms with Gasteiger partial charge in [0.15, 0.2) is 0 Å². The smallest absolute Gasteiger partial charge is 0.0794 e. The highest BCUT2D eigenvalue weighted by molar-refractivity contribution is 5.93. The average molecular weight is 230 g/mol. The molecule has 1 aliphatic heterocycles. The van der Waals surface area contributed by atoms with Crippen molar-refractivity contribution in [2.45, 2.75) is 38.1 Å². The van der Waals surface area contributed by atoms with E-state index in [-0.39, 0.29) is 0 Å². The van der Waals surface area contributed by atoms with E-state index in [4.69, 9.17) is 5.21 Å². The summed E-state index contributed by atoms with van der Waals surface area (Å²) in [5.74, 6) is 0. The molecule has 1 aromatic carbocycles. The fourth-order valence-corrected chi connectivity index (χ4v) is 3.15. The molecule has 90 valence electrons. The van der Waals surface area contributed by atoms with E-state index in [1.54, 1.807) is 0 Å². The number of oxime groups is 1. The first-order chi connectivity index (χ1) is 8.40. The molecule has 17 heavy (non-hydrogen) atoms. The Kier molecular flexibility index (Phi) is 2.75. The molecule has 0 bridgehead atoms. The van der Waals surface area contributed by atoms with E-state index in [1.165, 1.54) is 24.1 Å². The van der Waals surface area contributed by atoms with Crippen LogP contribution in [0.5, 0.6) is 0 Å². The summed E-state index contributed by atoms with van der Waals surface area (Å²) in [5.41, 5.74) is 3.73. The lowest BCUT2D eigenvalue weighted by molar-refractivity contribution is 0.316. The molecule has 1 aromatic rings. The van der Waals surface area contributed by atoms with Crippen LogP contribution in [-0.4, -0.2) is 23.5 Å². The Bertz CT molecular complexity index is 442. The summed E-state index contributed by atoms with van der Waals surface area (Å²) in [6, 6.07) is 8.94. The predicted molar refractivity (Wildman–Crippen MR) is 69.0 cm³/mol. The van der Waals surface area contributed by atoms with Crippen molar-refractivity contribution in [1.82, 2.24) is 0 Å². The van der Waals surface area contributed by atoms with Crippen LogP contribution in [0.25, 0.3) is 0 Å². The highest BCUT2D eigenvalue weighted by Crippen LogP contribution is 2.32. The molecule has 1 unspecified atom stereocenters. The van der Waals surface area contributed by atoms with E-state index in [9.17, 15) is 0 Å². The van der Waals surface area contributed by atoms with E-state index in [0.717, 1.165) is 31.5 Å². The number of para-hydroxylation sites is 1. The van der Waals surface area contributed by atoms with Crippen LogP contribution in [0.3, 0.4) is 0 Å². The SMILES string of the molecule is O/N=C1/CCCC1N1CCCc2ccccc21. The molecule has 1 N–H and O–H groups in total. The zero-order chi connectivity index (χ0) is 11.7. The molecule has 0 aromatic heterocycles. The zero-order valence-corrected chi connectivity index (χ0v) is 9.97. The Morgan fingerprint density at radius 3 is 2.94 bits per heavy atom. The Balaban J connectivity index is 1.95. The predicted octanol–water partition coefficient (Wildman–Crippen LogP) is 2.82. The molecule has 3 heteroatoms. The van der Waals surface area contributed by atoms with Gasteiger partial charge in [-0.25, -0.2) is 0 Å². The van der Waals surface area contributed by atoms with E-state index in [2.05, 4.69) is 34.3 Å². The van der Waals surface area contributed by atoms with Crippen molar-refractivity contribution in [1.29, 1.82) is 0 Å². The van der Waals surface area contributed by atoms with Gasteiger partial charge in [-0.2, -0.15) is 0 Å². The van der Waals surface area contributed by atoms with Gasteiger partial charge in [-0.15, -0.1) is 0 Å². The molecule has 0 spiro atoms. The second-order valence-corrected chi connectivity index (χ2v) is 4.93. The Hall–Kier alpha value is -1.51. The summed E-state index contributed by atoms with van der Waals surface area (Å²) < 4.78 is 0. The Morgan fingerprint density at radius 1 is 1.18 bits per heavy atom. The normalized spacial score (nSPS) is 26.2. The molecule has 1 aliphatic carbocycles. The Morgan fingerprint density at radius 2 is 2.06 bits per heavy atom. The van der Waals surface area contributed by atoms with E-state index in [1.807, 2.05) is 0 Å². The largest absolute Gasteiger partial charge is 0.411 e. The van der Waals surface area contributed by atoms with Crippen molar-refractivity contribution >= 4 is 11.4 Å². The summed E-state index contributed by atoms with van der Waals surface area (Å²) in [6.07, 6.45) is 5.58. The molecular weight excluding hydrogens is 212 g/mol. The van der Waals surface area contributed by atoms with Gasteiger partial charge >= 0.3 is 0 Å². The van der Waals surface area contributed by atoms with Crippen molar-refractivity contribution < 1.29 is 5.21 Å². The van der Waals surface area contributed by atoms with Crippen LogP contribution in [0.2, 0.25) is 0 Å². The maximum atomic E-state index is 9.08. The zero-order valence-electron chi connectivity index (χ0n) is 9.97. The molecule has 0 radical (unpaired) electrons. The summed E-state index contributed by atoms with van der Waals surface area (Å²) in [7, 11) is 0. The first kappa shape index (κ1) is 10.6. The van der Waals surface area contributed by atoms with Gasteiger partial charge < -0.3 is 10.1 Å². The molecule has 3 rings (SSSR count). The number of anilines is 1. The minimum absolute atomic E-state index is 0.321. The second kappa shape index (κ2) is 4.40. The highest BCUT2D eigenvalue weighted by atomic mass is 16.4. The van der Waals surface area contributed by atoms with Gasteiger partial charge in [-0.05, 0) is 43.7 Å². The molecular formula is C14H18N2O. The summed E-state index contributed by atoms with van der Waals surface area (Å²) >= 11 is 0. The van der Waals surface area contributed by atoms with Gasteiger partial charge in [-0.3, -0.25) is 0 Å². The fraction of sp³-hybridized carbons (Fsp3) is 0.500. The molecule has 2 aliphatic rings. The number of benzene rings is 1. The molecule has 0 amide bonds. The molecule has 1 fully saturated rings. The molecule has 3 nitrogen and oxygen atoms in total. The third-order valence-electron chi connectivity index (χ3n) is 3.95. The minimum Gasteiger partial charge on any atom is -0.411 e. The monoisotopic (exact) mass is 230 g/mol. The van der Waals surface area contributed by atoms with Crippen LogP contribution in [0.1, 0.15) is 31.2 Å². The van der Waals surface area contributed by atoms with Crippen LogP contribution >= 0.6 is 0 Å². The quantitative estimate of drug-likeness (QED) is 0.595. The lowest BCUT2D eigenvalue weighted by Crippen LogP contribution is -2.41. The first-order valence-electron chi connectivity index (χ1n) is 6.45. The van der Waals surface area contributed by atoms with E-state index >= 15 is 0 Å². The summed E-state index contributed by atoms with van der Waals surface area (Å²) in [6.45, 7) is 1.08. The minimum atomic E-state index is 0.321. The van der Waals surface area contributed by atoms with Crippen molar-refractivity contribution in [3.8, 4) is 0 Å². The molecule has 1 heterocycles. The topological polar surface area (TPSA) is 35.8 Å². The lowest BCUT2D eigenvalue weighted by Gasteiger charge is -2.36. The summed E-state index contributed by atoms with van der Waals surface area (Å²) in [4.78, 5) is 2.43. The molecule has 0 saturated heterocycles. The van der Waals surface area contributed by atoms with Gasteiger partial charge in [0, 0.05) is 12.2 Å². The fourth-order valence-electron chi connectivity index (χ4n) is 3.15. The van der Waals surface area contributed by atoms with Crippen LogP contribution in [0.15, 0.2) is 29.4 Å². The lowest BCUT2D eigenvalue weighted by atomic mass is 9.99. The third kappa shape index (κ3) is 1.79. The average Bonchev–Trinajstić information content (AvgIpc) is 2.86. The van der Waals surface area contributed by atoms with E-state index in [0.29, 0.717) is 6.04 Å². The standard InChI is InChI=1S/C14H18N2O/c17-15-12-7-3-9-14(12)16-10-4-6-11-5-1-2-8-13(11)16/h1-2,5,8,14,17H,3-4,6-7,9-10H2/b15-12-. The number of hydrogen-bond acceptors (Lipinski definition) is 3. The Labute approximate surface area is 102 Å². The van der Waals surface area contributed by atoms with Crippen LogP contribution in [0.4, 0.5) is 5.69 Å². The molecule has 1 atom stereocenters. The maximum Gasteiger partial charge on any atom is 0.0794 e. The van der Waals surface area contributed by atoms with Crippen molar-refractivity contribution in [2.75, 3.05) is 11.4 Å². The summed E-state index contributed by atoms with van der Waals surface area (Å²) in [5, 5.41) is 12.6. The van der Waals surface area contributed by atoms with Crippen molar-refractivity contribution in [2.24, 2.45) is 5.16 Å². The number of rotatable bonds is 1. The third-order valence-corrected chi connectivity index (χ3v) is 3.95. The van der Waals surface area contributed by atoms with E-state index < -0.39 is 0 Å². The second-order valence-electron chi connectivity index (χ2n) is 4.93. The number of fused-ring (bicyclic) bond motifs is 1. The number of hydrogen-bond donors (Lipinski definition) is 1. The number of aryl methyl sites for hydroxylation is 1. The first-order valence-corrected chi connectivity index (χ1v) is 6.45. The highest BCUT2D eigenvalue weighted by Gasteiger charge is 2.31. The van der Waals surface area contributed by atoms with Crippen LogP contribution in [-0.2, 0) is 6.42 Å².